The van der Waals surface area contributed by atoms with Crippen LogP contribution in [0.5, 0.6) is 0 Å². The normalized spacial score (nSPS) is 10.8. The Kier molecular flexibility index (Phi) is 3.74. The van der Waals surface area contributed by atoms with E-state index in [2.05, 4.69) is 21.1 Å². The van der Waals surface area contributed by atoms with Gasteiger partial charge in [-0.05, 0) is 30.2 Å². The number of nitrogens with zero attached hydrogens (tertiary/aromatic N) is 1. The van der Waals surface area contributed by atoms with Crippen LogP contribution < -0.4 is 5.73 Å². The Labute approximate surface area is 135 Å². The highest BCUT2D eigenvalue weighted by molar-refractivity contribution is 9.10. The number of nitrogens with two attached hydrogens (primary N) is 1. The summed E-state index contributed by atoms with van der Waals surface area (Å²) >= 11 is 9.50. The molecule has 106 valence electrons. The number of aromatic nitrogens is 1. The van der Waals surface area contributed by atoms with Crippen molar-refractivity contribution in [3.05, 3.63) is 57.5 Å². The van der Waals surface area contributed by atoms with Gasteiger partial charge in [-0.15, -0.1) is 0 Å². The number of halogens is 2. The minimum Gasteiger partial charge on any atom is -0.367 e. The van der Waals surface area contributed by atoms with Gasteiger partial charge in [0.05, 0.1) is 5.56 Å². The van der Waals surface area contributed by atoms with Gasteiger partial charge in [-0.2, -0.15) is 0 Å². The van der Waals surface area contributed by atoms with Gasteiger partial charge in [0.1, 0.15) is 5.69 Å². The molecule has 0 spiro atoms. The number of anilines is 1. The third kappa shape index (κ3) is 2.57. The first kappa shape index (κ1) is 14.2. The summed E-state index contributed by atoms with van der Waals surface area (Å²) in [6.07, 6.45) is 0. The minimum absolute atomic E-state index is 0.307. The summed E-state index contributed by atoms with van der Waals surface area (Å²) in [4.78, 5) is 0. The quantitative estimate of drug-likeness (QED) is 0.671. The van der Waals surface area contributed by atoms with Gasteiger partial charge in [0.2, 0.25) is 5.88 Å². The van der Waals surface area contributed by atoms with Gasteiger partial charge in [-0.3, -0.25) is 0 Å². The van der Waals surface area contributed by atoms with Gasteiger partial charge in [0.25, 0.3) is 0 Å². The molecular formula is C16H12BrClN2O. The van der Waals surface area contributed by atoms with Crippen molar-refractivity contribution in [3.8, 4) is 22.4 Å². The van der Waals surface area contributed by atoms with E-state index in [0.717, 1.165) is 26.7 Å². The lowest BCUT2D eigenvalue weighted by molar-refractivity contribution is 0.439. The molecule has 0 unspecified atom stereocenters. The van der Waals surface area contributed by atoms with Crippen molar-refractivity contribution in [1.82, 2.24) is 5.16 Å². The number of aryl methyl sites for hydroxylation is 1. The van der Waals surface area contributed by atoms with Crippen LogP contribution in [-0.2, 0) is 0 Å². The molecule has 1 heterocycles. The summed E-state index contributed by atoms with van der Waals surface area (Å²) in [7, 11) is 0. The summed E-state index contributed by atoms with van der Waals surface area (Å²) in [6.45, 7) is 2.03. The predicted octanol–water partition coefficient (Wildman–Crippen LogP) is 5.32. The summed E-state index contributed by atoms with van der Waals surface area (Å²) in [5.41, 5.74) is 10.5. The summed E-state index contributed by atoms with van der Waals surface area (Å²) in [5.74, 6) is 0.307. The SMILES string of the molecule is Cc1ccccc1-c1c(-c2ccc(Cl)cc2Br)noc1N. The van der Waals surface area contributed by atoms with E-state index in [1.54, 1.807) is 0 Å². The first-order valence-corrected chi connectivity index (χ1v) is 7.51. The lowest BCUT2D eigenvalue weighted by Crippen LogP contribution is -1.90. The fraction of sp³-hybridized carbons (Fsp3) is 0.0625. The van der Waals surface area contributed by atoms with Crippen molar-refractivity contribution in [2.45, 2.75) is 6.92 Å². The monoisotopic (exact) mass is 362 g/mol. The minimum atomic E-state index is 0.307. The molecule has 0 amide bonds. The topological polar surface area (TPSA) is 52.0 Å². The van der Waals surface area contributed by atoms with Crippen LogP contribution in [0.3, 0.4) is 0 Å². The molecule has 3 aromatic rings. The Morgan fingerprint density at radius 2 is 1.90 bits per heavy atom. The highest BCUT2D eigenvalue weighted by Crippen LogP contribution is 2.40. The lowest BCUT2D eigenvalue weighted by Gasteiger charge is -2.07. The number of nitrogen functional groups attached to an aromatic ring is 1. The second-order valence-corrected chi connectivity index (χ2v) is 6.00. The standard InChI is InChI=1S/C16H12BrClN2O/c1-9-4-2-3-5-11(9)14-15(20-21-16(14)19)12-7-6-10(18)8-13(12)17/h2-8H,19H2,1H3. The highest BCUT2D eigenvalue weighted by atomic mass is 79.9. The van der Waals surface area contributed by atoms with Crippen LogP contribution >= 0.6 is 27.5 Å². The second-order valence-electron chi connectivity index (χ2n) is 4.71. The molecule has 0 bridgehead atoms. The van der Waals surface area contributed by atoms with Crippen molar-refractivity contribution >= 4 is 33.4 Å². The van der Waals surface area contributed by atoms with E-state index >= 15 is 0 Å². The Morgan fingerprint density at radius 3 is 2.62 bits per heavy atom. The van der Waals surface area contributed by atoms with Crippen LogP contribution in [0.2, 0.25) is 5.02 Å². The van der Waals surface area contributed by atoms with Crippen molar-refractivity contribution in [2.24, 2.45) is 0 Å². The van der Waals surface area contributed by atoms with Crippen molar-refractivity contribution < 1.29 is 4.52 Å². The van der Waals surface area contributed by atoms with E-state index in [1.165, 1.54) is 0 Å². The first-order chi connectivity index (χ1) is 10.1. The molecule has 2 N–H and O–H groups in total. The number of rotatable bonds is 2. The molecular weight excluding hydrogens is 352 g/mol. The maximum Gasteiger partial charge on any atom is 0.230 e. The van der Waals surface area contributed by atoms with E-state index in [0.29, 0.717) is 16.6 Å². The predicted molar refractivity (Wildman–Crippen MR) is 89.2 cm³/mol. The second kappa shape index (κ2) is 5.54. The fourth-order valence-electron chi connectivity index (χ4n) is 2.28. The average Bonchev–Trinajstić information content (AvgIpc) is 2.81. The largest absolute Gasteiger partial charge is 0.367 e. The highest BCUT2D eigenvalue weighted by Gasteiger charge is 2.20. The molecule has 0 atom stereocenters. The van der Waals surface area contributed by atoms with E-state index in [4.69, 9.17) is 21.9 Å². The molecule has 0 saturated carbocycles. The molecule has 0 fully saturated rings. The summed E-state index contributed by atoms with van der Waals surface area (Å²) < 4.78 is 6.06. The number of hydrogen-bond donors (Lipinski definition) is 1. The van der Waals surface area contributed by atoms with Crippen molar-refractivity contribution in [3.63, 3.8) is 0 Å². The third-order valence-electron chi connectivity index (χ3n) is 3.32. The van der Waals surface area contributed by atoms with Gasteiger partial charge in [0.15, 0.2) is 0 Å². The molecule has 21 heavy (non-hydrogen) atoms. The smallest absolute Gasteiger partial charge is 0.230 e. The van der Waals surface area contributed by atoms with Crippen LogP contribution in [0, 0.1) is 6.92 Å². The Hall–Kier alpha value is -1.78. The van der Waals surface area contributed by atoms with Gasteiger partial charge in [0, 0.05) is 15.1 Å². The zero-order chi connectivity index (χ0) is 15.0. The lowest BCUT2D eigenvalue weighted by atomic mass is 9.97. The van der Waals surface area contributed by atoms with Crippen molar-refractivity contribution in [1.29, 1.82) is 0 Å². The van der Waals surface area contributed by atoms with Crippen LogP contribution in [0.25, 0.3) is 22.4 Å². The van der Waals surface area contributed by atoms with Gasteiger partial charge in [-0.25, -0.2) is 0 Å². The average molecular weight is 364 g/mol. The molecule has 1 aromatic heterocycles. The molecule has 5 heteroatoms. The fourth-order valence-corrected chi connectivity index (χ4v) is 3.15. The number of benzene rings is 2. The Balaban J connectivity index is 2.25. The molecule has 0 aliphatic rings. The van der Waals surface area contributed by atoms with Crippen LogP contribution in [-0.4, -0.2) is 5.16 Å². The van der Waals surface area contributed by atoms with E-state index in [1.807, 2.05) is 49.4 Å². The zero-order valence-electron chi connectivity index (χ0n) is 11.2. The van der Waals surface area contributed by atoms with E-state index in [9.17, 15) is 0 Å². The number of hydrogen-bond acceptors (Lipinski definition) is 3. The maximum absolute atomic E-state index is 5.99. The van der Waals surface area contributed by atoms with Gasteiger partial charge < -0.3 is 10.3 Å². The summed E-state index contributed by atoms with van der Waals surface area (Å²) in [6, 6.07) is 13.5. The molecule has 0 radical (unpaired) electrons. The van der Waals surface area contributed by atoms with Crippen LogP contribution in [0.1, 0.15) is 5.56 Å². The van der Waals surface area contributed by atoms with E-state index < -0.39 is 0 Å². The van der Waals surface area contributed by atoms with Crippen molar-refractivity contribution in [2.75, 3.05) is 5.73 Å². The molecule has 0 aliphatic heterocycles. The van der Waals surface area contributed by atoms with Crippen LogP contribution in [0.15, 0.2) is 51.5 Å². The maximum atomic E-state index is 5.99. The molecule has 3 nitrogen and oxygen atoms in total. The Bertz CT molecular complexity index is 814. The molecule has 0 saturated heterocycles. The van der Waals surface area contributed by atoms with Crippen LogP contribution in [0.4, 0.5) is 5.88 Å². The van der Waals surface area contributed by atoms with Gasteiger partial charge >= 0.3 is 0 Å². The van der Waals surface area contributed by atoms with E-state index in [-0.39, 0.29) is 0 Å². The van der Waals surface area contributed by atoms with Gasteiger partial charge in [-0.1, -0.05) is 63.0 Å². The Morgan fingerprint density at radius 1 is 1.14 bits per heavy atom. The molecule has 2 aromatic carbocycles. The first-order valence-electron chi connectivity index (χ1n) is 6.34. The molecule has 0 aliphatic carbocycles. The zero-order valence-corrected chi connectivity index (χ0v) is 13.6. The summed E-state index contributed by atoms with van der Waals surface area (Å²) in [5, 5.41) is 4.77. The molecule has 3 rings (SSSR count). The third-order valence-corrected chi connectivity index (χ3v) is 4.21.